The fraction of sp³-hybridized carbons (Fsp3) is 0. The van der Waals surface area contributed by atoms with Crippen molar-refractivity contribution in [3.8, 4) is 0 Å². The molecule has 0 saturated carbocycles. The number of hydrogen-bond acceptors (Lipinski definition) is 8. The molecular weight excluding hydrogens is 498 g/mol. The van der Waals surface area contributed by atoms with E-state index < -0.39 is 51.1 Å². The van der Waals surface area contributed by atoms with Crippen molar-refractivity contribution >= 4 is 47.9 Å². The highest BCUT2D eigenvalue weighted by Crippen LogP contribution is 2.39. The number of anilines is 1. The Morgan fingerprint density at radius 2 is 1.00 bits per heavy atom. The standard InChI is InChI=1S/C22H15N3O8S2/c26-23(27)19-11-3-5-14-21(19)34(30,31)25(18-13-7-9-16-8-1-2-10-17(16)18)35(32,33)22-15-6-4-12-20(22)24(28)29/h1-15H. The second-order valence-corrected chi connectivity index (χ2v) is 10.9. The molecule has 0 aliphatic rings. The topological polar surface area (TPSA) is 158 Å². The third-order valence-corrected chi connectivity index (χ3v) is 9.33. The van der Waals surface area contributed by atoms with Gasteiger partial charge in [-0.15, -0.1) is 0 Å². The highest BCUT2D eigenvalue weighted by molar-refractivity contribution is 8.10. The second kappa shape index (κ2) is 8.77. The first-order valence-corrected chi connectivity index (χ1v) is 12.7. The van der Waals surface area contributed by atoms with Crippen molar-refractivity contribution in [2.45, 2.75) is 9.79 Å². The molecule has 0 atom stereocenters. The third kappa shape index (κ3) is 4.06. The molecule has 0 bridgehead atoms. The van der Waals surface area contributed by atoms with Gasteiger partial charge in [0.25, 0.3) is 31.4 Å². The van der Waals surface area contributed by atoms with Crippen LogP contribution in [0.3, 0.4) is 0 Å². The second-order valence-electron chi connectivity index (χ2n) is 7.16. The lowest BCUT2D eigenvalue weighted by molar-refractivity contribution is -0.388. The van der Waals surface area contributed by atoms with E-state index in [0.717, 1.165) is 24.3 Å². The van der Waals surface area contributed by atoms with Gasteiger partial charge in [-0.2, -0.15) is 20.5 Å². The van der Waals surface area contributed by atoms with Crippen LogP contribution in [-0.4, -0.2) is 26.7 Å². The summed E-state index contributed by atoms with van der Waals surface area (Å²) in [6.45, 7) is 0. The first-order chi connectivity index (χ1) is 16.6. The van der Waals surface area contributed by atoms with Crippen LogP contribution < -0.4 is 3.71 Å². The van der Waals surface area contributed by atoms with Crippen LogP contribution in [0.25, 0.3) is 10.8 Å². The van der Waals surface area contributed by atoms with Gasteiger partial charge in [0, 0.05) is 17.5 Å². The maximum Gasteiger partial charge on any atom is 0.289 e. The highest BCUT2D eigenvalue weighted by Gasteiger charge is 2.43. The van der Waals surface area contributed by atoms with Crippen LogP contribution in [0.4, 0.5) is 17.1 Å². The van der Waals surface area contributed by atoms with Crippen molar-refractivity contribution in [2.75, 3.05) is 3.71 Å². The maximum absolute atomic E-state index is 13.9. The SMILES string of the molecule is O=[N+]([O-])c1ccccc1S(=O)(=O)N(c1cccc2ccccc12)S(=O)(=O)c1ccccc1[N+](=O)[O-]. The molecule has 0 aliphatic carbocycles. The number of nitrogens with zero attached hydrogens (tertiary/aromatic N) is 3. The van der Waals surface area contributed by atoms with E-state index in [1.54, 1.807) is 24.3 Å². The molecule has 11 nitrogen and oxygen atoms in total. The minimum atomic E-state index is -5.19. The van der Waals surface area contributed by atoms with Gasteiger partial charge in [0.05, 0.1) is 15.5 Å². The molecule has 0 aliphatic heterocycles. The van der Waals surface area contributed by atoms with Gasteiger partial charge in [-0.05, 0) is 23.6 Å². The highest BCUT2D eigenvalue weighted by atomic mass is 32.3. The molecule has 0 fully saturated rings. The van der Waals surface area contributed by atoms with Crippen molar-refractivity contribution in [3.05, 3.63) is 111 Å². The smallest absolute Gasteiger partial charge is 0.258 e. The molecule has 13 heteroatoms. The summed E-state index contributed by atoms with van der Waals surface area (Å²) < 4.78 is 55.5. The zero-order valence-corrected chi connectivity index (χ0v) is 19.2. The summed E-state index contributed by atoms with van der Waals surface area (Å²) in [6, 6.07) is 19.1. The Morgan fingerprint density at radius 1 is 0.571 bits per heavy atom. The van der Waals surface area contributed by atoms with Gasteiger partial charge >= 0.3 is 0 Å². The average molecular weight is 514 g/mol. The van der Waals surface area contributed by atoms with Gasteiger partial charge in [-0.25, -0.2) is 0 Å². The van der Waals surface area contributed by atoms with Gasteiger partial charge in [0.2, 0.25) is 0 Å². The summed E-state index contributed by atoms with van der Waals surface area (Å²) in [4.78, 5) is 19.5. The monoisotopic (exact) mass is 513 g/mol. The van der Waals surface area contributed by atoms with Gasteiger partial charge in [0.15, 0.2) is 9.79 Å². The summed E-state index contributed by atoms with van der Waals surface area (Å²) in [5, 5.41) is 23.8. The average Bonchev–Trinajstić information content (AvgIpc) is 2.84. The van der Waals surface area contributed by atoms with E-state index in [2.05, 4.69) is 0 Å². The first kappa shape index (κ1) is 23.8. The van der Waals surface area contributed by atoms with Crippen LogP contribution in [0, 0.1) is 20.2 Å². The molecule has 0 amide bonds. The van der Waals surface area contributed by atoms with Crippen LogP contribution >= 0.6 is 0 Å². The van der Waals surface area contributed by atoms with Crippen LogP contribution in [-0.2, 0) is 20.0 Å². The lowest BCUT2D eigenvalue weighted by Crippen LogP contribution is -2.37. The quantitative estimate of drug-likeness (QED) is 0.262. The summed E-state index contributed by atoms with van der Waals surface area (Å²) in [5.41, 5.74) is -2.05. The number of nitro groups is 2. The Labute approximate surface area is 199 Å². The van der Waals surface area contributed by atoms with Crippen molar-refractivity contribution in [1.29, 1.82) is 0 Å². The number of rotatable bonds is 7. The minimum absolute atomic E-state index is 0.0208. The van der Waals surface area contributed by atoms with Crippen molar-refractivity contribution in [2.24, 2.45) is 0 Å². The molecule has 0 aromatic heterocycles. The van der Waals surface area contributed by atoms with E-state index in [1.165, 1.54) is 42.5 Å². The van der Waals surface area contributed by atoms with E-state index in [9.17, 15) is 37.1 Å². The molecule has 0 N–H and O–H groups in total. The largest absolute Gasteiger partial charge is 0.289 e. The summed E-state index contributed by atoms with van der Waals surface area (Å²) in [6.07, 6.45) is 0. The molecular formula is C22H15N3O8S2. The zero-order chi connectivity index (χ0) is 25.4. The summed E-state index contributed by atoms with van der Waals surface area (Å²) in [7, 11) is -10.4. The number of nitro benzene ring substituents is 2. The number of fused-ring (bicyclic) bond motifs is 1. The predicted molar refractivity (Wildman–Crippen MR) is 127 cm³/mol. The van der Waals surface area contributed by atoms with Crippen molar-refractivity contribution in [1.82, 2.24) is 0 Å². The molecule has 0 unspecified atom stereocenters. The molecule has 4 rings (SSSR count). The number of para-hydroxylation sites is 2. The van der Waals surface area contributed by atoms with E-state index in [1.807, 2.05) is 0 Å². The molecule has 0 saturated heterocycles. The zero-order valence-electron chi connectivity index (χ0n) is 17.6. The Hall–Kier alpha value is -4.36. The molecule has 0 heterocycles. The fourth-order valence-corrected chi connectivity index (χ4v) is 7.61. The first-order valence-electron chi connectivity index (χ1n) is 9.82. The van der Waals surface area contributed by atoms with Gasteiger partial charge < -0.3 is 0 Å². The van der Waals surface area contributed by atoms with Crippen LogP contribution in [0.1, 0.15) is 0 Å². The normalized spacial score (nSPS) is 11.8. The van der Waals surface area contributed by atoms with Crippen molar-refractivity contribution in [3.63, 3.8) is 0 Å². The number of sulfonamides is 2. The summed E-state index contributed by atoms with van der Waals surface area (Å²) in [5.74, 6) is 0. The Kier molecular flexibility index (Phi) is 5.96. The fourth-order valence-electron chi connectivity index (χ4n) is 3.59. The lowest BCUT2D eigenvalue weighted by atomic mass is 10.1. The Bertz CT molecular complexity index is 1610. The third-order valence-electron chi connectivity index (χ3n) is 5.08. The van der Waals surface area contributed by atoms with E-state index >= 15 is 0 Å². The minimum Gasteiger partial charge on any atom is -0.258 e. The van der Waals surface area contributed by atoms with Gasteiger partial charge in [0.1, 0.15) is 0 Å². The molecule has 0 spiro atoms. The van der Waals surface area contributed by atoms with E-state index in [4.69, 9.17) is 0 Å². The molecule has 4 aromatic rings. The van der Waals surface area contributed by atoms with E-state index in [-0.39, 0.29) is 14.8 Å². The van der Waals surface area contributed by atoms with Crippen molar-refractivity contribution < 1.29 is 26.7 Å². The molecule has 35 heavy (non-hydrogen) atoms. The van der Waals surface area contributed by atoms with Crippen LogP contribution in [0.15, 0.2) is 101 Å². The number of hydrogen-bond donors (Lipinski definition) is 0. The molecule has 4 aromatic carbocycles. The van der Waals surface area contributed by atoms with Gasteiger partial charge in [-0.3, -0.25) is 20.2 Å². The van der Waals surface area contributed by atoms with Crippen LogP contribution in [0.2, 0.25) is 0 Å². The maximum atomic E-state index is 13.9. The predicted octanol–water partition coefficient (Wildman–Crippen LogP) is 4.24. The van der Waals surface area contributed by atoms with Gasteiger partial charge in [-0.1, -0.05) is 60.7 Å². The molecule has 0 radical (unpaired) electrons. The Balaban J connectivity index is 2.13. The van der Waals surface area contributed by atoms with Crippen LogP contribution in [0.5, 0.6) is 0 Å². The number of benzene rings is 4. The lowest BCUT2D eigenvalue weighted by Gasteiger charge is -2.25. The Morgan fingerprint density at radius 3 is 1.51 bits per heavy atom. The summed E-state index contributed by atoms with van der Waals surface area (Å²) >= 11 is 0. The molecule has 178 valence electrons. The van der Waals surface area contributed by atoms with E-state index in [0.29, 0.717) is 5.39 Å².